The predicted molar refractivity (Wildman–Crippen MR) is 98.4 cm³/mol. The first kappa shape index (κ1) is 17.9. The number of aromatic nitrogens is 2. The zero-order valence-corrected chi connectivity index (χ0v) is 15.0. The molecule has 0 aliphatic carbocycles. The van der Waals surface area contributed by atoms with E-state index in [0.717, 1.165) is 61.4 Å². The van der Waals surface area contributed by atoms with Crippen molar-refractivity contribution in [1.29, 1.82) is 0 Å². The molecule has 6 heteroatoms. The summed E-state index contributed by atoms with van der Waals surface area (Å²) < 4.78 is 5.79. The van der Waals surface area contributed by atoms with Crippen LogP contribution in [-0.4, -0.2) is 53.1 Å². The number of amides is 1. The molecule has 0 saturated carbocycles. The van der Waals surface area contributed by atoms with Gasteiger partial charge in [-0.3, -0.25) is 4.79 Å². The molecule has 1 saturated heterocycles. The highest BCUT2D eigenvalue weighted by atomic mass is 16.5. The highest BCUT2D eigenvalue weighted by Gasteiger charge is 2.23. The van der Waals surface area contributed by atoms with E-state index in [4.69, 9.17) is 10.5 Å². The van der Waals surface area contributed by atoms with Crippen molar-refractivity contribution in [2.24, 2.45) is 5.73 Å². The number of nitrogens with two attached hydrogens (primary N) is 1. The normalized spacial score (nSPS) is 15.8. The van der Waals surface area contributed by atoms with Gasteiger partial charge in [-0.2, -0.15) is 0 Å². The number of H-pyrrole nitrogens is 1. The summed E-state index contributed by atoms with van der Waals surface area (Å²) >= 11 is 0. The van der Waals surface area contributed by atoms with Crippen molar-refractivity contribution in [3.63, 3.8) is 0 Å². The Balaban J connectivity index is 1.45. The zero-order chi connectivity index (χ0) is 17.6. The number of nitrogens with zero attached hydrogens (tertiary/aromatic N) is 2. The average Bonchev–Trinajstić information content (AvgIpc) is 3.05. The Morgan fingerprint density at radius 2 is 2.20 bits per heavy atom. The van der Waals surface area contributed by atoms with Crippen LogP contribution in [0.3, 0.4) is 0 Å². The van der Waals surface area contributed by atoms with E-state index < -0.39 is 0 Å². The van der Waals surface area contributed by atoms with E-state index in [1.54, 1.807) is 0 Å². The molecule has 3 N–H and O–H groups in total. The summed E-state index contributed by atoms with van der Waals surface area (Å²) in [5.74, 6) is 1.09. The second-order valence-electron chi connectivity index (χ2n) is 6.75. The van der Waals surface area contributed by atoms with Crippen LogP contribution < -0.4 is 5.73 Å². The van der Waals surface area contributed by atoms with Crippen LogP contribution in [0.5, 0.6) is 0 Å². The molecule has 6 nitrogen and oxygen atoms in total. The number of ether oxygens (including phenoxy) is 1. The van der Waals surface area contributed by atoms with E-state index in [2.05, 4.69) is 23.0 Å². The third-order valence-electron chi connectivity index (χ3n) is 4.84. The maximum atomic E-state index is 12.4. The number of likely N-dealkylation sites (tertiary alicyclic amines) is 1. The van der Waals surface area contributed by atoms with Gasteiger partial charge < -0.3 is 20.4 Å². The molecule has 1 amide bonds. The first-order valence-electron chi connectivity index (χ1n) is 9.21. The molecular weight excluding hydrogens is 316 g/mol. The Bertz CT molecular complexity index is 705. The first-order valence-corrected chi connectivity index (χ1v) is 9.21. The minimum atomic E-state index is 0.206. The number of hydrogen-bond acceptors (Lipinski definition) is 4. The molecule has 2 aromatic rings. The van der Waals surface area contributed by atoms with Crippen molar-refractivity contribution in [1.82, 2.24) is 14.9 Å². The summed E-state index contributed by atoms with van der Waals surface area (Å²) in [7, 11) is 0. The van der Waals surface area contributed by atoms with E-state index in [9.17, 15) is 4.79 Å². The molecule has 1 aromatic carbocycles. The number of aryl methyl sites for hydroxylation is 2. The van der Waals surface area contributed by atoms with Gasteiger partial charge in [0, 0.05) is 32.5 Å². The lowest BCUT2D eigenvalue weighted by molar-refractivity contribution is -0.133. The van der Waals surface area contributed by atoms with Crippen LogP contribution >= 0.6 is 0 Å². The second kappa shape index (κ2) is 8.45. The van der Waals surface area contributed by atoms with Crippen LogP contribution in [0, 0.1) is 6.92 Å². The second-order valence-corrected chi connectivity index (χ2v) is 6.75. The number of fused-ring (bicyclic) bond motifs is 1. The van der Waals surface area contributed by atoms with Crippen LogP contribution in [0.25, 0.3) is 11.0 Å². The fraction of sp³-hybridized carbons (Fsp3) is 0.579. The fourth-order valence-corrected chi connectivity index (χ4v) is 3.33. The molecule has 0 radical (unpaired) electrons. The lowest BCUT2D eigenvalue weighted by atomic mass is 10.1. The average molecular weight is 344 g/mol. The third kappa shape index (κ3) is 4.58. The van der Waals surface area contributed by atoms with Crippen molar-refractivity contribution in [2.75, 3.05) is 26.2 Å². The molecule has 0 bridgehead atoms. The largest absolute Gasteiger partial charge is 0.378 e. The van der Waals surface area contributed by atoms with Crippen molar-refractivity contribution in [2.45, 2.75) is 45.1 Å². The molecule has 0 atom stereocenters. The fourth-order valence-electron chi connectivity index (χ4n) is 3.33. The molecule has 1 aromatic heterocycles. The minimum Gasteiger partial charge on any atom is -0.378 e. The molecule has 2 heterocycles. The summed E-state index contributed by atoms with van der Waals surface area (Å²) in [6.07, 6.45) is 4.15. The topological polar surface area (TPSA) is 84.2 Å². The van der Waals surface area contributed by atoms with Gasteiger partial charge in [-0.15, -0.1) is 0 Å². The summed E-state index contributed by atoms with van der Waals surface area (Å²) in [6, 6.07) is 6.10. The number of nitrogens with one attached hydrogen (secondary N) is 1. The molecule has 25 heavy (non-hydrogen) atoms. The Kier molecular flexibility index (Phi) is 6.04. The molecule has 136 valence electrons. The Labute approximate surface area is 148 Å². The monoisotopic (exact) mass is 344 g/mol. The van der Waals surface area contributed by atoms with Gasteiger partial charge in [0.1, 0.15) is 5.82 Å². The van der Waals surface area contributed by atoms with Crippen LogP contribution in [0.2, 0.25) is 0 Å². The van der Waals surface area contributed by atoms with E-state index in [1.165, 1.54) is 0 Å². The van der Waals surface area contributed by atoms with Gasteiger partial charge >= 0.3 is 0 Å². The van der Waals surface area contributed by atoms with Crippen molar-refractivity contribution in [3.8, 4) is 0 Å². The molecule has 1 fully saturated rings. The number of benzene rings is 1. The standard InChI is InChI=1S/C19H28N4O2/c1-14-4-2-5-16-19(14)22-17(21-16)6-7-18(24)23-11-8-15(9-12-23)25-13-3-10-20/h2,4-5,15H,3,6-13,20H2,1H3,(H,21,22). The SMILES string of the molecule is Cc1cccc2[nH]c(CCC(=O)N3CCC(OCCCN)CC3)nc12. The summed E-state index contributed by atoms with van der Waals surface area (Å²) in [6.45, 7) is 5.01. The van der Waals surface area contributed by atoms with E-state index in [1.807, 2.05) is 17.0 Å². The molecule has 3 rings (SSSR count). The number of para-hydroxylation sites is 1. The summed E-state index contributed by atoms with van der Waals surface area (Å²) in [5.41, 5.74) is 8.68. The van der Waals surface area contributed by atoms with Crippen LogP contribution in [0.4, 0.5) is 0 Å². The number of piperidine rings is 1. The smallest absolute Gasteiger partial charge is 0.223 e. The maximum Gasteiger partial charge on any atom is 0.223 e. The maximum absolute atomic E-state index is 12.4. The van der Waals surface area contributed by atoms with Gasteiger partial charge in [0.25, 0.3) is 0 Å². The predicted octanol–water partition coefficient (Wildman–Crippen LogP) is 2.16. The number of hydrogen-bond donors (Lipinski definition) is 2. The van der Waals surface area contributed by atoms with Gasteiger partial charge in [-0.05, 0) is 44.4 Å². The lowest BCUT2D eigenvalue weighted by Gasteiger charge is -2.32. The van der Waals surface area contributed by atoms with Crippen LogP contribution in [-0.2, 0) is 16.0 Å². The zero-order valence-electron chi connectivity index (χ0n) is 15.0. The highest BCUT2D eigenvalue weighted by molar-refractivity contribution is 5.79. The quantitative estimate of drug-likeness (QED) is 0.754. The van der Waals surface area contributed by atoms with Gasteiger partial charge in [0.2, 0.25) is 5.91 Å². The molecule has 1 aliphatic rings. The van der Waals surface area contributed by atoms with E-state index in [0.29, 0.717) is 19.4 Å². The number of aromatic amines is 1. The molecule has 0 unspecified atom stereocenters. The number of imidazole rings is 1. The molecule has 0 spiro atoms. The van der Waals surface area contributed by atoms with Crippen molar-refractivity contribution in [3.05, 3.63) is 29.6 Å². The van der Waals surface area contributed by atoms with Crippen molar-refractivity contribution < 1.29 is 9.53 Å². The number of carbonyl (C=O) groups is 1. The van der Waals surface area contributed by atoms with Gasteiger partial charge in [0.15, 0.2) is 0 Å². The Hall–Kier alpha value is -1.92. The van der Waals surface area contributed by atoms with Gasteiger partial charge in [0.05, 0.1) is 17.1 Å². The van der Waals surface area contributed by atoms with E-state index >= 15 is 0 Å². The molecular formula is C19H28N4O2. The van der Waals surface area contributed by atoms with Crippen LogP contribution in [0.15, 0.2) is 18.2 Å². The molecule has 1 aliphatic heterocycles. The summed E-state index contributed by atoms with van der Waals surface area (Å²) in [4.78, 5) is 22.3. The Morgan fingerprint density at radius 1 is 1.40 bits per heavy atom. The first-order chi connectivity index (χ1) is 12.2. The Morgan fingerprint density at radius 3 is 2.92 bits per heavy atom. The van der Waals surface area contributed by atoms with E-state index in [-0.39, 0.29) is 12.0 Å². The van der Waals surface area contributed by atoms with Gasteiger partial charge in [-0.1, -0.05) is 12.1 Å². The van der Waals surface area contributed by atoms with Crippen molar-refractivity contribution >= 4 is 16.9 Å². The van der Waals surface area contributed by atoms with Gasteiger partial charge in [-0.25, -0.2) is 4.98 Å². The van der Waals surface area contributed by atoms with Crippen LogP contribution in [0.1, 0.15) is 37.1 Å². The summed E-state index contributed by atoms with van der Waals surface area (Å²) in [5, 5.41) is 0. The number of rotatable bonds is 7. The lowest BCUT2D eigenvalue weighted by Crippen LogP contribution is -2.41. The minimum absolute atomic E-state index is 0.206. The highest BCUT2D eigenvalue weighted by Crippen LogP contribution is 2.18. The third-order valence-corrected chi connectivity index (χ3v) is 4.84. The number of carbonyl (C=O) groups excluding carboxylic acids is 1.